The Balaban J connectivity index is 1.33. The van der Waals surface area contributed by atoms with E-state index in [9.17, 15) is 9.18 Å². The Bertz CT molecular complexity index is 1380. The Labute approximate surface area is 225 Å². The van der Waals surface area contributed by atoms with Crippen LogP contribution >= 0.6 is 0 Å². The van der Waals surface area contributed by atoms with Crippen molar-refractivity contribution in [2.75, 3.05) is 0 Å². The van der Waals surface area contributed by atoms with Gasteiger partial charge in [-0.05, 0) is 78.6 Å². The second-order valence-electron chi connectivity index (χ2n) is 9.47. The van der Waals surface area contributed by atoms with Crippen molar-refractivity contribution in [2.24, 2.45) is 0 Å². The second-order valence-corrected chi connectivity index (χ2v) is 9.47. The van der Waals surface area contributed by atoms with Gasteiger partial charge in [-0.15, -0.1) is 0 Å². The fourth-order valence-corrected chi connectivity index (χ4v) is 4.30. The summed E-state index contributed by atoms with van der Waals surface area (Å²) in [6.07, 6.45) is 10.6. The van der Waals surface area contributed by atoms with E-state index in [0.717, 1.165) is 24.8 Å². The van der Waals surface area contributed by atoms with Gasteiger partial charge in [-0.25, -0.2) is 9.18 Å². The summed E-state index contributed by atoms with van der Waals surface area (Å²) in [5.41, 5.74) is 5.32. The van der Waals surface area contributed by atoms with Crippen molar-refractivity contribution in [3.8, 4) is 5.75 Å². The largest absolute Gasteiger partial charge is 0.423 e. The van der Waals surface area contributed by atoms with Gasteiger partial charge in [0.2, 0.25) is 0 Å². The highest BCUT2D eigenvalue weighted by molar-refractivity contribution is 5.91. The first-order valence-corrected chi connectivity index (χ1v) is 13.1. The van der Waals surface area contributed by atoms with Gasteiger partial charge < -0.3 is 4.74 Å². The molecular formula is C35H33FO2. The lowest BCUT2D eigenvalue weighted by atomic mass is 9.93. The molecule has 4 aromatic carbocycles. The molecule has 4 aromatic rings. The van der Waals surface area contributed by atoms with E-state index >= 15 is 0 Å². The van der Waals surface area contributed by atoms with Crippen molar-refractivity contribution in [1.29, 1.82) is 0 Å². The van der Waals surface area contributed by atoms with Crippen LogP contribution in [-0.2, 0) is 12.8 Å². The molecule has 4 rings (SSSR count). The van der Waals surface area contributed by atoms with Gasteiger partial charge >= 0.3 is 5.97 Å². The molecule has 0 aliphatic carbocycles. The highest BCUT2D eigenvalue weighted by atomic mass is 19.1. The van der Waals surface area contributed by atoms with Gasteiger partial charge in [-0.2, -0.15) is 0 Å². The van der Waals surface area contributed by atoms with E-state index in [0.29, 0.717) is 17.2 Å². The van der Waals surface area contributed by atoms with Crippen LogP contribution in [0.5, 0.6) is 5.75 Å². The maximum absolute atomic E-state index is 14.8. The summed E-state index contributed by atoms with van der Waals surface area (Å²) >= 11 is 0. The molecule has 0 aliphatic heterocycles. The van der Waals surface area contributed by atoms with Crippen LogP contribution in [0.25, 0.3) is 12.2 Å². The maximum Gasteiger partial charge on any atom is 0.343 e. The van der Waals surface area contributed by atoms with Crippen LogP contribution in [0.15, 0.2) is 109 Å². The quantitative estimate of drug-likeness (QED) is 0.0932. The molecule has 0 N–H and O–H groups in total. The first-order valence-electron chi connectivity index (χ1n) is 13.1. The van der Waals surface area contributed by atoms with E-state index in [4.69, 9.17) is 4.74 Å². The predicted octanol–water partition coefficient (Wildman–Crippen LogP) is 9.07. The van der Waals surface area contributed by atoms with E-state index in [-0.39, 0.29) is 5.56 Å². The molecule has 0 spiro atoms. The molecule has 0 fully saturated rings. The number of hydrogen-bond acceptors (Lipinski definition) is 2. The molecule has 0 saturated heterocycles. The molecule has 0 bridgehead atoms. The summed E-state index contributed by atoms with van der Waals surface area (Å²) in [6, 6.07) is 30.6. The minimum atomic E-state index is -0.582. The lowest BCUT2D eigenvalue weighted by molar-refractivity contribution is 0.0734. The van der Waals surface area contributed by atoms with Crippen molar-refractivity contribution >= 4 is 18.1 Å². The number of halogens is 1. The lowest BCUT2D eigenvalue weighted by Crippen LogP contribution is -2.09. The summed E-state index contributed by atoms with van der Waals surface area (Å²) in [5, 5.41) is 0. The summed E-state index contributed by atoms with van der Waals surface area (Å²) in [5.74, 6) is -0.176. The fraction of sp³-hybridized carbons (Fsp3) is 0.171. The lowest BCUT2D eigenvalue weighted by Gasteiger charge is -2.12. The van der Waals surface area contributed by atoms with Gasteiger partial charge in [-0.3, -0.25) is 0 Å². The summed E-state index contributed by atoms with van der Waals surface area (Å²) in [7, 11) is 0. The number of ether oxygens (including phenoxy) is 1. The van der Waals surface area contributed by atoms with Gasteiger partial charge in [0.1, 0.15) is 11.6 Å². The molecule has 38 heavy (non-hydrogen) atoms. The molecule has 0 radical (unpaired) electrons. The third-order valence-corrected chi connectivity index (χ3v) is 6.55. The molecule has 0 heterocycles. The Morgan fingerprint density at radius 3 is 2.26 bits per heavy atom. The number of benzene rings is 4. The molecule has 0 aromatic heterocycles. The molecule has 1 unspecified atom stereocenters. The van der Waals surface area contributed by atoms with Gasteiger partial charge in [-0.1, -0.05) is 104 Å². The van der Waals surface area contributed by atoms with Crippen molar-refractivity contribution < 1.29 is 13.9 Å². The molecule has 0 saturated carbocycles. The van der Waals surface area contributed by atoms with Crippen LogP contribution < -0.4 is 4.74 Å². The number of rotatable bonds is 10. The smallest absolute Gasteiger partial charge is 0.343 e. The zero-order valence-electron chi connectivity index (χ0n) is 21.9. The third-order valence-electron chi connectivity index (χ3n) is 6.55. The average molecular weight is 505 g/mol. The number of esters is 1. The first-order chi connectivity index (χ1) is 18.5. The minimum absolute atomic E-state index is 0.175. The normalized spacial score (nSPS) is 12.2. The van der Waals surface area contributed by atoms with E-state index in [1.807, 2.05) is 49.4 Å². The van der Waals surface area contributed by atoms with Crippen LogP contribution in [0.1, 0.15) is 64.4 Å². The SMILES string of the molecule is C/C=C/CCc1ccc(OC(=O)c2ccc(/C=C/c3ccc(CC(C)c4ccccc4)cc3)c(F)c2)cc1. The number of aryl methyl sites for hydroxylation is 1. The maximum atomic E-state index is 14.8. The van der Waals surface area contributed by atoms with Gasteiger partial charge in [0.25, 0.3) is 0 Å². The molecule has 3 heteroatoms. The highest BCUT2D eigenvalue weighted by Gasteiger charge is 2.12. The van der Waals surface area contributed by atoms with Crippen LogP contribution in [0.4, 0.5) is 4.39 Å². The summed E-state index contributed by atoms with van der Waals surface area (Å²) in [6.45, 7) is 4.23. The van der Waals surface area contributed by atoms with E-state index in [2.05, 4.69) is 49.4 Å². The highest BCUT2D eigenvalue weighted by Crippen LogP contribution is 2.22. The van der Waals surface area contributed by atoms with Gasteiger partial charge in [0.15, 0.2) is 0 Å². The molecule has 1 atom stereocenters. The first kappa shape index (κ1) is 26.8. The molecule has 192 valence electrons. The van der Waals surface area contributed by atoms with Crippen molar-refractivity contribution in [3.05, 3.63) is 148 Å². The second kappa shape index (κ2) is 13.3. The zero-order chi connectivity index (χ0) is 26.7. The molecule has 0 amide bonds. The van der Waals surface area contributed by atoms with Crippen LogP contribution in [-0.4, -0.2) is 5.97 Å². The van der Waals surface area contributed by atoms with E-state index in [1.165, 1.54) is 22.8 Å². The molecular weight excluding hydrogens is 471 g/mol. The topological polar surface area (TPSA) is 26.3 Å². The number of allylic oxidation sites excluding steroid dienone is 2. The van der Waals surface area contributed by atoms with Crippen LogP contribution in [0.2, 0.25) is 0 Å². The van der Waals surface area contributed by atoms with Crippen molar-refractivity contribution in [3.63, 3.8) is 0 Å². The van der Waals surface area contributed by atoms with Crippen LogP contribution in [0, 0.1) is 5.82 Å². The van der Waals surface area contributed by atoms with Crippen LogP contribution in [0.3, 0.4) is 0 Å². The van der Waals surface area contributed by atoms with Gasteiger partial charge in [0, 0.05) is 5.56 Å². The minimum Gasteiger partial charge on any atom is -0.423 e. The van der Waals surface area contributed by atoms with Gasteiger partial charge in [0.05, 0.1) is 5.56 Å². The molecule has 0 aliphatic rings. The fourth-order valence-electron chi connectivity index (χ4n) is 4.30. The van der Waals surface area contributed by atoms with Crippen molar-refractivity contribution in [1.82, 2.24) is 0 Å². The Morgan fingerprint density at radius 1 is 0.868 bits per heavy atom. The van der Waals surface area contributed by atoms with E-state index < -0.39 is 11.8 Å². The average Bonchev–Trinajstić information content (AvgIpc) is 2.94. The summed E-state index contributed by atoms with van der Waals surface area (Å²) in [4.78, 5) is 12.5. The zero-order valence-corrected chi connectivity index (χ0v) is 21.9. The summed E-state index contributed by atoms with van der Waals surface area (Å²) < 4.78 is 20.2. The predicted molar refractivity (Wildman–Crippen MR) is 155 cm³/mol. The Morgan fingerprint density at radius 2 is 1.58 bits per heavy atom. The Kier molecular flexibility index (Phi) is 9.42. The number of carbonyl (C=O) groups is 1. The standard InChI is InChI=1S/C35H33FO2/c1-3-4-6-9-27-17-22-33(23-18-27)38-35(37)32-21-20-31(34(36)25-32)19-16-28-12-14-29(15-13-28)24-26(2)30-10-7-5-8-11-30/h3-5,7-8,10-23,25-26H,6,9,24H2,1-2H3/b4-3+,19-16+. The number of carbonyl (C=O) groups excluding carboxylic acids is 1. The van der Waals surface area contributed by atoms with Crippen molar-refractivity contribution in [2.45, 2.75) is 39.0 Å². The molecule has 2 nitrogen and oxygen atoms in total. The number of hydrogen-bond donors (Lipinski definition) is 0. The Hall–Kier alpha value is -4.24. The third kappa shape index (κ3) is 7.63. The monoisotopic (exact) mass is 504 g/mol. The van der Waals surface area contributed by atoms with E-state index in [1.54, 1.807) is 30.3 Å².